The second kappa shape index (κ2) is 4.85. The molecule has 3 N–H and O–H groups in total. The van der Waals surface area contributed by atoms with Crippen molar-refractivity contribution < 1.29 is 0 Å². The summed E-state index contributed by atoms with van der Waals surface area (Å²) in [5.41, 5.74) is 12.1. The standard InChI is InChI=1S/C17H17N3/c1-11-3-5-14(9-12(11)2)20-16-7-8-19-17-10-13(18)4-6-15(16)17/h3-10H,18H2,1-2H3,(H,19,20). The van der Waals surface area contributed by atoms with Crippen LogP contribution in [0, 0.1) is 13.8 Å². The van der Waals surface area contributed by atoms with Gasteiger partial charge in [0, 0.05) is 28.6 Å². The Morgan fingerprint density at radius 3 is 2.60 bits per heavy atom. The van der Waals surface area contributed by atoms with Crippen molar-refractivity contribution in [3.8, 4) is 0 Å². The number of fused-ring (bicyclic) bond motifs is 1. The molecule has 0 unspecified atom stereocenters. The van der Waals surface area contributed by atoms with Crippen molar-refractivity contribution in [2.75, 3.05) is 11.1 Å². The van der Waals surface area contributed by atoms with Crippen LogP contribution in [0.4, 0.5) is 17.1 Å². The van der Waals surface area contributed by atoms with Gasteiger partial charge in [0.2, 0.25) is 0 Å². The first kappa shape index (κ1) is 12.5. The van der Waals surface area contributed by atoms with Gasteiger partial charge in [-0.15, -0.1) is 0 Å². The average Bonchev–Trinajstić information content (AvgIpc) is 2.43. The quantitative estimate of drug-likeness (QED) is 0.682. The molecule has 0 radical (unpaired) electrons. The van der Waals surface area contributed by atoms with E-state index in [4.69, 9.17) is 5.73 Å². The zero-order chi connectivity index (χ0) is 14.1. The second-order valence-electron chi connectivity index (χ2n) is 5.06. The molecule has 20 heavy (non-hydrogen) atoms. The molecule has 100 valence electrons. The maximum atomic E-state index is 5.80. The highest BCUT2D eigenvalue weighted by Gasteiger charge is 2.03. The van der Waals surface area contributed by atoms with Crippen molar-refractivity contribution in [3.63, 3.8) is 0 Å². The van der Waals surface area contributed by atoms with Gasteiger partial charge in [-0.25, -0.2) is 0 Å². The first-order valence-electron chi connectivity index (χ1n) is 6.62. The van der Waals surface area contributed by atoms with Crippen LogP contribution in [0.3, 0.4) is 0 Å². The van der Waals surface area contributed by atoms with Crippen LogP contribution in [0.1, 0.15) is 11.1 Å². The van der Waals surface area contributed by atoms with Crippen LogP contribution >= 0.6 is 0 Å². The molecule has 0 bridgehead atoms. The summed E-state index contributed by atoms with van der Waals surface area (Å²) in [5, 5.41) is 4.52. The van der Waals surface area contributed by atoms with Crippen LogP contribution in [0.25, 0.3) is 10.9 Å². The predicted octanol–water partition coefficient (Wildman–Crippen LogP) is 4.18. The molecule has 2 aromatic carbocycles. The Kier molecular flexibility index (Phi) is 3.03. The van der Waals surface area contributed by atoms with Gasteiger partial charge < -0.3 is 11.1 Å². The molecule has 0 aliphatic carbocycles. The normalized spacial score (nSPS) is 10.7. The third-order valence-electron chi connectivity index (χ3n) is 3.55. The maximum absolute atomic E-state index is 5.80. The Hall–Kier alpha value is -2.55. The minimum absolute atomic E-state index is 0.730. The fraction of sp³-hybridized carbons (Fsp3) is 0.118. The van der Waals surface area contributed by atoms with E-state index >= 15 is 0 Å². The lowest BCUT2D eigenvalue weighted by molar-refractivity contribution is 1.33. The van der Waals surface area contributed by atoms with E-state index in [0.29, 0.717) is 0 Å². The van der Waals surface area contributed by atoms with Gasteiger partial charge in [-0.2, -0.15) is 0 Å². The molecule has 0 aliphatic heterocycles. The summed E-state index contributed by atoms with van der Waals surface area (Å²) in [6.07, 6.45) is 1.80. The number of anilines is 3. The largest absolute Gasteiger partial charge is 0.399 e. The zero-order valence-electron chi connectivity index (χ0n) is 11.6. The van der Waals surface area contributed by atoms with E-state index in [1.807, 2.05) is 24.3 Å². The topological polar surface area (TPSA) is 50.9 Å². The van der Waals surface area contributed by atoms with Crippen molar-refractivity contribution in [1.29, 1.82) is 0 Å². The molecule has 0 saturated heterocycles. The van der Waals surface area contributed by atoms with Crippen molar-refractivity contribution >= 4 is 28.0 Å². The van der Waals surface area contributed by atoms with Crippen LogP contribution in [0.15, 0.2) is 48.7 Å². The van der Waals surface area contributed by atoms with E-state index in [1.54, 1.807) is 6.20 Å². The molecular formula is C17H17N3. The van der Waals surface area contributed by atoms with Gasteiger partial charge in [-0.05, 0) is 61.4 Å². The molecule has 3 nitrogen and oxygen atoms in total. The van der Waals surface area contributed by atoms with Crippen molar-refractivity contribution in [2.24, 2.45) is 0 Å². The van der Waals surface area contributed by atoms with E-state index < -0.39 is 0 Å². The number of nitrogen functional groups attached to an aromatic ring is 1. The lowest BCUT2D eigenvalue weighted by Crippen LogP contribution is -1.94. The molecule has 3 aromatic rings. The Balaban J connectivity index is 2.04. The summed E-state index contributed by atoms with van der Waals surface area (Å²) in [6.45, 7) is 4.23. The summed E-state index contributed by atoms with van der Waals surface area (Å²) in [4.78, 5) is 4.36. The Morgan fingerprint density at radius 1 is 0.950 bits per heavy atom. The van der Waals surface area contributed by atoms with Gasteiger partial charge in [0.05, 0.1) is 5.52 Å². The Morgan fingerprint density at radius 2 is 1.80 bits per heavy atom. The summed E-state index contributed by atoms with van der Waals surface area (Å²) < 4.78 is 0. The number of hydrogen-bond acceptors (Lipinski definition) is 3. The van der Waals surface area contributed by atoms with Crippen molar-refractivity contribution in [3.05, 3.63) is 59.8 Å². The average molecular weight is 263 g/mol. The second-order valence-corrected chi connectivity index (χ2v) is 5.06. The zero-order valence-corrected chi connectivity index (χ0v) is 11.6. The number of aromatic nitrogens is 1. The van der Waals surface area contributed by atoms with Crippen LogP contribution in [0.5, 0.6) is 0 Å². The van der Waals surface area contributed by atoms with Crippen LogP contribution < -0.4 is 11.1 Å². The highest BCUT2D eigenvalue weighted by atomic mass is 14.9. The molecule has 3 heteroatoms. The Labute approximate surface area is 118 Å². The van der Waals surface area contributed by atoms with Crippen LogP contribution in [-0.2, 0) is 0 Å². The van der Waals surface area contributed by atoms with Gasteiger partial charge in [0.15, 0.2) is 0 Å². The lowest BCUT2D eigenvalue weighted by Gasteiger charge is -2.11. The first-order chi connectivity index (χ1) is 9.63. The summed E-state index contributed by atoms with van der Waals surface area (Å²) >= 11 is 0. The fourth-order valence-electron chi connectivity index (χ4n) is 2.25. The number of pyridine rings is 1. The smallest absolute Gasteiger partial charge is 0.0743 e. The molecule has 0 saturated carbocycles. The number of nitrogens with one attached hydrogen (secondary N) is 1. The van der Waals surface area contributed by atoms with Gasteiger partial charge >= 0.3 is 0 Å². The summed E-state index contributed by atoms with van der Waals surface area (Å²) in [5.74, 6) is 0. The number of benzene rings is 2. The molecule has 1 aromatic heterocycles. The lowest BCUT2D eigenvalue weighted by atomic mass is 10.1. The maximum Gasteiger partial charge on any atom is 0.0743 e. The van der Waals surface area contributed by atoms with E-state index in [2.05, 4.69) is 42.3 Å². The number of nitrogens with zero attached hydrogens (tertiary/aromatic N) is 1. The predicted molar refractivity (Wildman–Crippen MR) is 85.4 cm³/mol. The molecule has 3 rings (SSSR count). The van der Waals surface area contributed by atoms with Gasteiger partial charge in [0.1, 0.15) is 0 Å². The van der Waals surface area contributed by atoms with E-state index in [1.165, 1.54) is 11.1 Å². The third-order valence-corrected chi connectivity index (χ3v) is 3.55. The highest BCUT2D eigenvalue weighted by Crippen LogP contribution is 2.27. The summed E-state index contributed by atoms with van der Waals surface area (Å²) in [6, 6.07) is 14.1. The molecule has 0 amide bonds. The first-order valence-corrected chi connectivity index (χ1v) is 6.62. The van der Waals surface area contributed by atoms with Crippen molar-refractivity contribution in [1.82, 2.24) is 4.98 Å². The minimum Gasteiger partial charge on any atom is -0.399 e. The number of aryl methyl sites for hydroxylation is 2. The number of rotatable bonds is 2. The van der Waals surface area contributed by atoms with E-state index in [9.17, 15) is 0 Å². The molecule has 1 heterocycles. The molecule has 0 spiro atoms. The minimum atomic E-state index is 0.730. The molecule has 0 aliphatic rings. The SMILES string of the molecule is Cc1ccc(Nc2ccnc3cc(N)ccc23)cc1C. The van der Waals surface area contributed by atoms with Gasteiger partial charge in [0.25, 0.3) is 0 Å². The number of nitrogens with two attached hydrogens (primary N) is 1. The van der Waals surface area contributed by atoms with Gasteiger partial charge in [-0.1, -0.05) is 6.07 Å². The highest BCUT2D eigenvalue weighted by molar-refractivity contribution is 5.94. The number of hydrogen-bond donors (Lipinski definition) is 2. The van der Waals surface area contributed by atoms with Crippen molar-refractivity contribution in [2.45, 2.75) is 13.8 Å². The Bertz CT molecular complexity index is 778. The monoisotopic (exact) mass is 263 g/mol. The van der Waals surface area contributed by atoms with Crippen LogP contribution in [-0.4, -0.2) is 4.98 Å². The summed E-state index contributed by atoms with van der Waals surface area (Å²) in [7, 11) is 0. The van der Waals surface area contributed by atoms with Crippen LogP contribution in [0.2, 0.25) is 0 Å². The van der Waals surface area contributed by atoms with E-state index in [-0.39, 0.29) is 0 Å². The fourth-order valence-corrected chi connectivity index (χ4v) is 2.25. The molecule has 0 fully saturated rings. The molecular weight excluding hydrogens is 246 g/mol. The van der Waals surface area contributed by atoms with Gasteiger partial charge in [-0.3, -0.25) is 4.98 Å². The molecule has 0 atom stereocenters. The third kappa shape index (κ3) is 2.30. The van der Waals surface area contributed by atoms with E-state index in [0.717, 1.165) is 28.0 Å².